The number of alkyl halides is 3. The number of halogens is 3. The Balaban J connectivity index is 2.63. The van der Waals surface area contributed by atoms with Gasteiger partial charge in [-0.05, 0) is 31.0 Å². The van der Waals surface area contributed by atoms with Crippen LogP contribution in [-0.2, 0) is 11.2 Å². The van der Waals surface area contributed by atoms with Crippen molar-refractivity contribution in [3.63, 3.8) is 0 Å². The Morgan fingerprint density at radius 1 is 1.35 bits per heavy atom. The van der Waals surface area contributed by atoms with Gasteiger partial charge < -0.3 is 20.5 Å². The van der Waals surface area contributed by atoms with Crippen molar-refractivity contribution in [2.24, 2.45) is 5.73 Å². The Kier molecular flexibility index (Phi) is 7.15. The van der Waals surface area contributed by atoms with Crippen molar-refractivity contribution in [1.29, 1.82) is 0 Å². The van der Waals surface area contributed by atoms with E-state index in [9.17, 15) is 18.0 Å². The van der Waals surface area contributed by atoms with Crippen molar-refractivity contribution < 1.29 is 27.4 Å². The first-order valence-electron chi connectivity index (χ1n) is 7.11. The van der Waals surface area contributed by atoms with E-state index >= 15 is 0 Å². The standard InChI is InChI=1S/C15H21F3N2O3/c1-10(8-19)20-14(21)6-4-11-3-5-12(13(7-11)22-2)23-9-15(16,17)18/h3,5,7,10H,4,6,8-9,19H2,1-2H3,(H,20,21)/t10-/m0/s1. The van der Waals surface area contributed by atoms with E-state index in [1.165, 1.54) is 13.2 Å². The first kappa shape index (κ1) is 19.1. The number of nitrogens with two attached hydrogens (primary N) is 1. The molecule has 0 aliphatic rings. The fourth-order valence-corrected chi connectivity index (χ4v) is 1.81. The van der Waals surface area contributed by atoms with Crippen molar-refractivity contribution in [3.05, 3.63) is 23.8 Å². The summed E-state index contributed by atoms with van der Waals surface area (Å²) in [4.78, 5) is 11.7. The van der Waals surface area contributed by atoms with Gasteiger partial charge in [-0.3, -0.25) is 4.79 Å². The molecule has 1 amide bonds. The fraction of sp³-hybridized carbons (Fsp3) is 0.533. The number of methoxy groups -OCH3 is 1. The van der Waals surface area contributed by atoms with E-state index in [-0.39, 0.29) is 29.9 Å². The van der Waals surface area contributed by atoms with Gasteiger partial charge in [0.15, 0.2) is 18.1 Å². The summed E-state index contributed by atoms with van der Waals surface area (Å²) in [5.41, 5.74) is 6.18. The Morgan fingerprint density at radius 3 is 2.61 bits per heavy atom. The SMILES string of the molecule is COc1cc(CCC(=O)N[C@@H](C)CN)ccc1OCC(F)(F)F. The van der Waals surface area contributed by atoms with Gasteiger partial charge in [-0.2, -0.15) is 13.2 Å². The van der Waals surface area contributed by atoms with Crippen LogP contribution in [0.2, 0.25) is 0 Å². The molecular weight excluding hydrogens is 313 g/mol. The molecule has 1 aromatic carbocycles. The van der Waals surface area contributed by atoms with Gasteiger partial charge in [0.1, 0.15) is 0 Å². The number of aryl methyl sites for hydroxylation is 1. The average molecular weight is 334 g/mol. The quantitative estimate of drug-likeness (QED) is 0.763. The van der Waals surface area contributed by atoms with Crippen molar-refractivity contribution in [1.82, 2.24) is 5.32 Å². The van der Waals surface area contributed by atoms with E-state index in [1.54, 1.807) is 19.1 Å². The molecule has 1 rings (SSSR count). The largest absolute Gasteiger partial charge is 0.493 e. The second-order valence-corrected chi connectivity index (χ2v) is 5.09. The summed E-state index contributed by atoms with van der Waals surface area (Å²) < 4.78 is 46.3. The number of carbonyl (C=O) groups is 1. The van der Waals surface area contributed by atoms with Crippen LogP contribution in [0.3, 0.4) is 0 Å². The van der Waals surface area contributed by atoms with Crippen LogP contribution in [0.25, 0.3) is 0 Å². The second-order valence-electron chi connectivity index (χ2n) is 5.09. The lowest BCUT2D eigenvalue weighted by Crippen LogP contribution is -2.37. The van der Waals surface area contributed by atoms with E-state index in [4.69, 9.17) is 15.2 Å². The highest BCUT2D eigenvalue weighted by molar-refractivity contribution is 5.76. The molecule has 8 heteroatoms. The summed E-state index contributed by atoms with van der Waals surface area (Å²) in [6, 6.07) is 4.47. The lowest BCUT2D eigenvalue weighted by Gasteiger charge is -2.14. The van der Waals surface area contributed by atoms with Crippen LogP contribution in [-0.4, -0.2) is 38.4 Å². The van der Waals surface area contributed by atoms with Crippen LogP contribution < -0.4 is 20.5 Å². The number of hydrogen-bond donors (Lipinski definition) is 2. The molecule has 0 aromatic heterocycles. The minimum atomic E-state index is -4.42. The highest BCUT2D eigenvalue weighted by Gasteiger charge is 2.29. The molecule has 1 aromatic rings. The zero-order valence-electron chi connectivity index (χ0n) is 13.1. The number of hydrogen-bond acceptors (Lipinski definition) is 4. The first-order valence-corrected chi connectivity index (χ1v) is 7.11. The maximum absolute atomic E-state index is 12.2. The summed E-state index contributed by atoms with van der Waals surface area (Å²) >= 11 is 0. The van der Waals surface area contributed by atoms with E-state index < -0.39 is 12.8 Å². The van der Waals surface area contributed by atoms with Crippen molar-refractivity contribution in [3.8, 4) is 11.5 Å². The third-order valence-electron chi connectivity index (χ3n) is 3.02. The molecule has 5 nitrogen and oxygen atoms in total. The van der Waals surface area contributed by atoms with Crippen molar-refractivity contribution in [2.75, 3.05) is 20.3 Å². The second kappa shape index (κ2) is 8.61. The summed E-state index contributed by atoms with van der Waals surface area (Å²) in [6.07, 6.45) is -3.74. The van der Waals surface area contributed by atoms with Gasteiger partial charge in [0.05, 0.1) is 7.11 Å². The molecule has 130 valence electrons. The summed E-state index contributed by atoms with van der Waals surface area (Å²) in [6.45, 7) is 0.764. The Labute approximate surface area is 132 Å². The molecule has 0 fully saturated rings. The maximum atomic E-state index is 12.2. The smallest absolute Gasteiger partial charge is 0.422 e. The summed E-state index contributed by atoms with van der Waals surface area (Å²) in [7, 11) is 1.34. The van der Waals surface area contributed by atoms with E-state index in [0.29, 0.717) is 13.0 Å². The average Bonchev–Trinajstić information content (AvgIpc) is 2.50. The molecule has 0 unspecified atom stereocenters. The highest BCUT2D eigenvalue weighted by Crippen LogP contribution is 2.30. The Bertz CT molecular complexity index is 521. The molecule has 0 aliphatic carbocycles. The number of carbonyl (C=O) groups excluding carboxylic acids is 1. The molecule has 0 spiro atoms. The molecule has 1 atom stereocenters. The van der Waals surface area contributed by atoms with Gasteiger partial charge in [-0.1, -0.05) is 6.07 Å². The molecule has 0 radical (unpaired) electrons. The Morgan fingerprint density at radius 2 is 2.04 bits per heavy atom. The van der Waals surface area contributed by atoms with Crippen LogP contribution in [0.4, 0.5) is 13.2 Å². The van der Waals surface area contributed by atoms with E-state index in [2.05, 4.69) is 5.32 Å². The molecular formula is C15H21F3N2O3. The number of rotatable bonds is 8. The minimum Gasteiger partial charge on any atom is -0.493 e. The number of nitrogens with one attached hydrogen (secondary N) is 1. The Hall–Kier alpha value is -1.96. The molecule has 0 saturated carbocycles. The van der Waals surface area contributed by atoms with Crippen molar-refractivity contribution >= 4 is 5.91 Å². The molecule has 0 saturated heterocycles. The summed E-state index contributed by atoms with van der Waals surface area (Å²) in [5.74, 6) is 0.0663. The zero-order chi connectivity index (χ0) is 17.5. The minimum absolute atomic E-state index is 0.00906. The molecule has 23 heavy (non-hydrogen) atoms. The van der Waals surface area contributed by atoms with Gasteiger partial charge in [0, 0.05) is 19.0 Å². The van der Waals surface area contributed by atoms with Crippen LogP contribution >= 0.6 is 0 Å². The maximum Gasteiger partial charge on any atom is 0.422 e. The monoisotopic (exact) mass is 334 g/mol. The highest BCUT2D eigenvalue weighted by atomic mass is 19.4. The lowest BCUT2D eigenvalue weighted by atomic mass is 10.1. The van der Waals surface area contributed by atoms with Gasteiger partial charge in [0.2, 0.25) is 5.91 Å². The predicted octanol–water partition coefficient (Wildman–Crippen LogP) is 2.03. The third-order valence-corrected chi connectivity index (χ3v) is 3.02. The van der Waals surface area contributed by atoms with E-state index in [0.717, 1.165) is 5.56 Å². The molecule has 3 N–H and O–H groups in total. The van der Waals surface area contributed by atoms with Gasteiger partial charge in [-0.15, -0.1) is 0 Å². The normalized spacial score (nSPS) is 12.6. The predicted molar refractivity (Wildman–Crippen MR) is 79.5 cm³/mol. The molecule has 0 bridgehead atoms. The van der Waals surface area contributed by atoms with Crippen LogP contribution in [0, 0.1) is 0 Å². The lowest BCUT2D eigenvalue weighted by molar-refractivity contribution is -0.153. The zero-order valence-corrected chi connectivity index (χ0v) is 13.1. The van der Waals surface area contributed by atoms with Gasteiger partial charge in [0.25, 0.3) is 0 Å². The van der Waals surface area contributed by atoms with Gasteiger partial charge >= 0.3 is 6.18 Å². The summed E-state index contributed by atoms with van der Waals surface area (Å²) in [5, 5.41) is 2.73. The van der Waals surface area contributed by atoms with Crippen LogP contribution in [0.15, 0.2) is 18.2 Å². The number of amides is 1. The topological polar surface area (TPSA) is 73.6 Å². The van der Waals surface area contributed by atoms with Crippen molar-refractivity contribution in [2.45, 2.75) is 32.0 Å². The number of benzene rings is 1. The molecule has 0 aliphatic heterocycles. The fourth-order valence-electron chi connectivity index (χ4n) is 1.81. The van der Waals surface area contributed by atoms with Crippen LogP contribution in [0.5, 0.6) is 11.5 Å². The number of ether oxygens (including phenoxy) is 2. The molecule has 0 heterocycles. The van der Waals surface area contributed by atoms with Crippen LogP contribution in [0.1, 0.15) is 18.9 Å². The first-order chi connectivity index (χ1) is 10.7. The van der Waals surface area contributed by atoms with E-state index in [1.807, 2.05) is 0 Å². The third kappa shape index (κ3) is 7.23. The van der Waals surface area contributed by atoms with Gasteiger partial charge in [-0.25, -0.2) is 0 Å².